The van der Waals surface area contributed by atoms with Crippen molar-refractivity contribution in [3.05, 3.63) is 60.7 Å². The largest absolute Gasteiger partial charge is 0.444 e. The average Bonchev–Trinajstić information content (AvgIpc) is 0.748. The van der Waals surface area contributed by atoms with Gasteiger partial charge in [0.1, 0.15) is 69.8 Å². The van der Waals surface area contributed by atoms with Crippen LogP contribution in [0, 0.1) is 35.5 Å². The second kappa shape index (κ2) is 38.2. The second-order valence-electron chi connectivity index (χ2n) is 31.0. The lowest BCUT2D eigenvalue weighted by Crippen LogP contribution is -2.66. The second-order valence-corrected chi connectivity index (χ2v) is 37.4. The molecule has 2 rings (SSSR count). The van der Waals surface area contributed by atoms with E-state index in [0.29, 0.717) is 0 Å². The predicted molar refractivity (Wildman–Crippen MR) is 392 cm³/mol. The maximum Gasteiger partial charge on any atom is 0.410 e. The number of hydrogen-bond donors (Lipinski definition) is 4. The van der Waals surface area contributed by atoms with Gasteiger partial charge in [-0.1, -0.05) is 158 Å². The molecule has 0 aromatic heterocycles. The van der Waals surface area contributed by atoms with Crippen molar-refractivity contribution in [2.24, 2.45) is 35.5 Å². The van der Waals surface area contributed by atoms with E-state index in [1.54, 1.807) is 34.6 Å². The van der Waals surface area contributed by atoms with E-state index >= 15 is 9.59 Å². The Labute approximate surface area is 593 Å². The number of likely N-dealkylation sites (N-methyl/N-ethyl adjacent to an activating group) is 7. The Kier molecular flexibility index (Phi) is 34.0. The third-order valence-electron chi connectivity index (χ3n) is 18.0. The Morgan fingerprint density at radius 1 is 0.475 bits per heavy atom. The van der Waals surface area contributed by atoms with Gasteiger partial charge in [-0.3, -0.25) is 48.1 Å². The summed E-state index contributed by atoms with van der Waals surface area (Å²) in [7, 11) is 3.30. The van der Waals surface area contributed by atoms with Crippen LogP contribution in [0.3, 0.4) is 0 Å². The number of amides is 10. The van der Waals surface area contributed by atoms with E-state index in [4.69, 9.17) is 9.16 Å². The van der Waals surface area contributed by atoms with Crippen LogP contribution in [0.15, 0.2) is 60.7 Å². The molecule has 0 radical (unpaired) electrons. The molecule has 0 fully saturated rings. The van der Waals surface area contributed by atoms with E-state index < -0.39 is 149 Å². The number of nitrogens with one attached hydrogen (secondary N) is 4. The zero-order chi connectivity index (χ0) is 76.3. The highest BCUT2D eigenvalue weighted by molar-refractivity contribution is 7.90. The molecule has 4 N–H and O–H groups in total. The molecule has 26 heteroatoms. The van der Waals surface area contributed by atoms with Crippen LogP contribution in [0.2, 0.25) is 5.04 Å². The number of rotatable bonds is 36. The molecule has 0 aliphatic carbocycles. The summed E-state index contributed by atoms with van der Waals surface area (Å²) in [5, 5.41) is 12.5. The van der Waals surface area contributed by atoms with Gasteiger partial charge in [-0.05, 0) is 118 Å². The molecule has 0 heterocycles. The average molecular weight is 1430 g/mol. The van der Waals surface area contributed by atoms with Crippen molar-refractivity contribution >= 4 is 87.8 Å². The minimum Gasteiger partial charge on any atom is -0.444 e. The van der Waals surface area contributed by atoms with Crippen LogP contribution in [0.25, 0.3) is 0 Å². The molecule has 0 bridgehead atoms. The Bertz CT molecular complexity index is 3100. The van der Waals surface area contributed by atoms with Gasteiger partial charge in [0, 0.05) is 62.2 Å². The molecule has 24 nitrogen and oxygen atoms in total. The third-order valence-corrected chi connectivity index (χ3v) is 24.1. The lowest BCUT2D eigenvalue weighted by Gasteiger charge is -2.43. The van der Waals surface area contributed by atoms with E-state index in [1.165, 1.54) is 94.6 Å². The number of hydrogen-bond acceptors (Lipinski definition) is 14. The monoisotopic (exact) mass is 1420 g/mol. The summed E-state index contributed by atoms with van der Waals surface area (Å²) >= 11 is 0. The van der Waals surface area contributed by atoms with E-state index in [-0.39, 0.29) is 73.3 Å². The van der Waals surface area contributed by atoms with Gasteiger partial charge in [-0.25, -0.2) is 13.2 Å². The minimum absolute atomic E-state index is 0.0311. The number of sulfone groups is 1. The fraction of sp³-hybridized carbons (Fsp3) is 0.699. The van der Waals surface area contributed by atoms with E-state index in [2.05, 4.69) is 66.3 Å². The standard InChI is InChI=1S/C73H124N10O14SSi/c1-45(2)41-56(63(85)75-51(12)62(84)76-52(13)66(88)79(22)57(42-46(3)4)68(90)80(23)58(43-47(5)6)69(91)82(25)60(49(9)10)64(86)74-20)78(21)70(92)59(48(7)8)77-65(87)61(50(11)44-98(27,94)95)83(26)67(89)55(81(24)71(93)97-72(14,15)16)39-34-40-96-99(73(17,18)19,53-35-30-28-31-36-53)54-37-32-29-33-38-54/h28-33,35-38,45-52,55-61H,34,39-44H2,1-27H3,(H,74,86)(H,75,85)(H,76,84)(H,77,87). The van der Waals surface area contributed by atoms with E-state index in [9.17, 15) is 46.8 Å². The van der Waals surface area contributed by atoms with Crippen molar-refractivity contribution < 1.29 is 65.5 Å². The molecule has 2 aromatic rings. The Morgan fingerprint density at radius 2 is 0.889 bits per heavy atom. The minimum atomic E-state index is -3.81. The molecule has 0 aliphatic rings. The molecule has 10 amide bonds. The molecular formula is C73H124N10O14SSi. The van der Waals surface area contributed by atoms with Crippen molar-refractivity contribution in [1.29, 1.82) is 0 Å². The summed E-state index contributed by atoms with van der Waals surface area (Å²) in [6.07, 6.45) is 1.04. The number of carbonyl (C=O) groups excluding carboxylic acids is 10. The summed E-state index contributed by atoms with van der Waals surface area (Å²) in [6.45, 7) is 34.3. The molecule has 2 aromatic carbocycles. The molecule has 0 saturated carbocycles. The quantitative estimate of drug-likeness (QED) is 0.0444. The highest BCUT2D eigenvalue weighted by Gasteiger charge is 2.51. The van der Waals surface area contributed by atoms with Crippen molar-refractivity contribution in [2.75, 3.05) is 67.9 Å². The summed E-state index contributed by atoms with van der Waals surface area (Å²) < 4.78 is 39.1. The van der Waals surface area contributed by atoms with E-state index in [1.807, 2.05) is 91.8 Å². The van der Waals surface area contributed by atoms with Gasteiger partial charge < -0.3 is 54.9 Å². The smallest absolute Gasteiger partial charge is 0.410 e. The van der Waals surface area contributed by atoms with Crippen molar-refractivity contribution in [1.82, 2.24) is 50.7 Å². The summed E-state index contributed by atoms with van der Waals surface area (Å²) in [6, 6.07) is 9.30. The molecule has 0 saturated heterocycles. The number of ether oxygens (including phenoxy) is 1. The van der Waals surface area contributed by atoms with Crippen LogP contribution in [0.4, 0.5) is 4.79 Å². The number of carbonyl (C=O) groups is 10. The lowest BCUT2D eigenvalue weighted by molar-refractivity contribution is -0.153. The summed E-state index contributed by atoms with van der Waals surface area (Å²) in [4.78, 5) is 152. The van der Waals surface area contributed by atoms with Crippen LogP contribution < -0.4 is 31.6 Å². The molecule has 0 aliphatic heterocycles. The first kappa shape index (κ1) is 88.2. The first-order valence-electron chi connectivity index (χ1n) is 34.9. The van der Waals surface area contributed by atoms with Gasteiger partial charge in [-0.15, -0.1) is 0 Å². The summed E-state index contributed by atoms with van der Waals surface area (Å²) in [5.41, 5.74) is -0.964. The summed E-state index contributed by atoms with van der Waals surface area (Å²) in [5.74, 6) is -8.60. The fourth-order valence-corrected chi connectivity index (χ4v) is 18.5. The number of nitrogens with zero attached hydrogens (tertiary/aromatic N) is 6. The molecule has 0 spiro atoms. The van der Waals surface area contributed by atoms with Gasteiger partial charge in [0.25, 0.3) is 8.32 Å². The number of benzene rings is 2. The predicted octanol–water partition coefficient (Wildman–Crippen LogP) is 6.08. The lowest BCUT2D eigenvalue weighted by atomic mass is 9.96. The molecule has 99 heavy (non-hydrogen) atoms. The van der Waals surface area contributed by atoms with Gasteiger partial charge in [0.2, 0.25) is 53.2 Å². The fourth-order valence-electron chi connectivity index (χ4n) is 12.8. The first-order valence-corrected chi connectivity index (χ1v) is 38.8. The third kappa shape index (κ3) is 25.0. The molecule has 10 unspecified atom stereocenters. The normalized spacial score (nSPS) is 15.3. The maximum absolute atomic E-state index is 15.3. The molecular weight excluding hydrogens is 1300 g/mol. The van der Waals surface area contributed by atoms with Crippen molar-refractivity contribution in [2.45, 2.75) is 229 Å². The van der Waals surface area contributed by atoms with Gasteiger partial charge in [-0.2, -0.15) is 0 Å². The van der Waals surface area contributed by atoms with Crippen LogP contribution in [-0.2, 0) is 62.2 Å². The van der Waals surface area contributed by atoms with Crippen molar-refractivity contribution in [3.8, 4) is 0 Å². The Morgan fingerprint density at radius 3 is 1.30 bits per heavy atom. The van der Waals surface area contributed by atoms with Gasteiger partial charge >= 0.3 is 6.09 Å². The first-order chi connectivity index (χ1) is 45.5. The van der Waals surface area contributed by atoms with Gasteiger partial charge in [0.15, 0.2) is 0 Å². The van der Waals surface area contributed by atoms with Crippen LogP contribution >= 0.6 is 0 Å². The topological polar surface area (TPSA) is 291 Å². The zero-order valence-electron chi connectivity index (χ0n) is 64.7. The Balaban J connectivity index is 2.55. The van der Waals surface area contributed by atoms with Gasteiger partial charge in [0.05, 0.1) is 5.75 Å². The van der Waals surface area contributed by atoms with Crippen LogP contribution in [-0.4, -0.2) is 233 Å². The molecule has 560 valence electrons. The van der Waals surface area contributed by atoms with E-state index in [0.717, 1.165) is 21.5 Å². The molecule has 10 atom stereocenters. The van der Waals surface area contributed by atoms with Crippen molar-refractivity contribution in [3.63, 3.8) is 0 Å². The Hall–Kier alpha value is -6.93. The SMILES string of the molecule is CNC(=O)C(C(C)C)N(C)C(=O)C(CC(C)C)N(C)C(=O)C(CC(C)C)N(C)C(=O)C(C)NC(=O)C(C)NC(=O)C(CC(C)C)N(C)C(=O)C(NC(=O)C(C(C)CS(C)(=O)=O)N(C)C(=O)C(CCCO[Si](c1ccccc1)(c1ccccc1)C(C)(C)C)N(C)C(=O)OC(C)(C)C)C(C)C. The highest BCUT2D eigenvalue weighted by atomic mass is 32.2. The maximum atomic E-state index is 15.3. The van der Waals surface area contributed by atoms with Crippen LogP contribution in [0.1, 0.15) is 164 Å². The van der Waals surface area contributed by atoms with Crippen LogP contribution in [0.5, 0.6) is 0 Å². The highest BCUT2D eigenvalue weighted by Crippen LogP contribution is 2.37. The zero-order valence-corrected chi connectivity index (χ0v) is 66.5.